The molecule has 0 bridgehead atoms. The Morgan fingerprint density at radius 2 is 1.71 bits per heavy atom. The first-order valence-corrected chi connectivity index (χ1v) is 10.6. The minimum atomic E-state index is -0.748. The van der Waals surface area contributed by atoms with Crippen molar-refractivity contribution in [2.45, 2.75) is 20.8 Å². The lowest BCUT2D eigenvalue weighted by atomic mass is 10.1. The summed E-state index contributed by atoms with van der Waals surface area (Å²) in [4.78, 5) is 40.5. The number of ketones is 2. The van der Waals surface area contributed by atoms with Gasteiger partial charge >= 0.3 is 5.97 Å². The molecule has 0 spiro atoms. The zero-order chi connectivity index (χ0) is 24.4. The molecule has 7 nitrogen and oxygen atoms in total. The Morgan fingerprint density at radius 3 is 2.32 bits per heavy atom. The molecule has 0 atom stereocenters. The maximum Gasteiger partial charge on any atom is 0.342 e. The van der Waals surface area contributed by atoms with Gasteiger partial charge in [-0.15, -0.1) is 0 Å². The number of aromatic nitrogens is 3. The van der Waals surface area contributed by atoms with Crippen LogP contribution in [-0.4, -0.2) is 38.9 Å². The molecule has 0 fully saturated rings. The minimum absolute atomic E-state index is 0.132. The Morgan fingerprint density at radius 1 is 1.03 bits per heavy atom. The SMILES string of the molecule is CC(=O)c1c(C)[nH]c(C(=O)COC(=O)c2cn(-c3ccccc3)nc2-c2ccc(F)cc2)c1C. The highest BCUT2D eigenvalue weighted by atomic mass is 19.1. The van der Waals surface area contributed by atoms with Crippen LogP contribution in [0, 0.1) is 19.7 Å². The number of benzene rings is 2. The second-order valence-corrected chi connectivity index (χ2v) is 7.86. The molecule has 2 aromatic carbocycles. The van der Waals surface area contributed by atoms with Gasteiger partial charge in [0.05, 0.1) is 11.4 Å². The van der Waals surface area contributed by atoms with Crippen LogP contribution >= 0.6 is 0 Å². The number of aromatic amines is 1. The van der Waals surface area contributed by atoms with E-state index in [9.17, 15) is 18.8 Å². The zero-order valence-corrected chi connectivity index (χ0v) is 18.9. The summed E-state index contributed by atoms with van der Waals surface area (Å²) in [6.45, 7) is 4.29. The quantitative estimate of drug-likeness (QED) is 0.314. The normalized spacial score (nSPS) is 10.8. The number of rotatable bonds is 7. The number of nitrogens with zero attached hydrogens (tertiary/aromatic N) is 2. The molecular weight excluding hydrogens is 437 g/mol. The minimum Gasteiger partial charge on any atom is -0.454 e. The Hall–Kier alpha value is -4.33. The summed E-state index contributed by atoms with van der Waals surface area (Å²) in [7, 11) is 0. The molecule has 0 aliphatic rings. The maximum absolute atomic E-state index is 13.4. The molecule has 0 amide bonds. The van der Waals surface area contributed by atoms with Gasteiger partial charge in [0.15, 0.2) is 12.4 Å². The zero-order valence-electron chi connectivity index (χ0n) is 18.9. The fraction of sp³-hybridized carbons (Fsp3) is 0.154. The standard InChI is InChI=1S/C26H22FN3O4/c1-15-23(17(3)31)16(2)28-24(15)22(32)14-34-26(33)21-13-30(20-7-5-4-6-8-20)29-25(21)18-9-11-19(27)12-10-18/h4-13,28H,14H2,1-3H3. The summed E-state index contributed by atoms with van der Waals surface area (Å²) in [5, 5.41) is 4.50. The van der Waals surface area contributed by atoms with Crippen molar-refractivity contribution in [3.05, 3.63) is 94.7 Å². The molecule has 1 N–H and O–H groups in total. The van der Waals surface area contributed by atoms with E-state index in [0.717, 1.165) is 5.69 Å². The van der Waals surface area contributed by atoms with Crippen molar-refractivity contribution in [3.63, 3.8) is 0 Å². The third kappa shape index (κ3) is 4.43. The average Bonchev–Trinajstić information content (AvgIpc) is 3.39. The fourth-order valence-corrected chi connectivity index (χ4v) is 3.90. The van der Waals surface area contributed by atoms with Gasteiger partial charge in [0.2, 0.25) is 5.78 Å². The number of esters is 1. The third-order valence-corrected chi connectivity index (χ3v) is 5.48. The summed E-state index contributed by atoms with van der Waals surface area (Å²) in [6, 6.07) is 14.8. The van der Waals surface area contributed by atoms with Crippen LogP contribution in [0.5, 0.6) is 0 Å². The summed E-state index contributed by atoms with van der Waals surface area (Å²) in [6.07, 6.45) is 1.51. The van der Waals surface area contributed by atoms with Crippen LogP contribution < -0.4 is 0 Å². The van der Waals surface area contributed by atoms with Gasteiger partial charge in [-0.05, 0) is 62.7 Å². The van der Waals surface area contributed by atoms with Crippen LogP contribution in [-0.2, 0) is 4.74 Å². The largest absolute Gasteiger partial charge is 0.454 e. The second kappa shape index (κ2) is 9.27. The molecule has 0 unspecified atom stereocenters. The molecule has 0 aliphatic heterocycles. The lowest BCUT2D eigenvalue weighted by molar-refractivity contribution is 0.0474. The van der Waals surface area contributed by atoms with E-state index in [-0.39, 0.29) is 17.0 Å². The Balaban J connectivity index is 1.62. The predicted molar refractivity (Wildman–Crippen MR) is 124 cm³/mol. The van der Waals surface area contributed by atoms with E-state index in [1.54, 1.807) is 13.8 Å². The van der Waals surface area contributed by atoms with Crippen LogP contribution in [0.1, 0.15) is 49.4 Å². The average molecular weight is 459 g/mol. The van der Waals surface area contributed by atoms with E-state index in [4.69, 9.17) is 4.74 Å². The van der Waals surface area contributed by atoms with E-state index in [0.29, 0.717) is 28.1 Å². The number of nitrogens with one attached hydrogen (secondary N) is 1. The van der Waals surface area contributed by atoms with Crippen LogP contribution in [0.3, 0.4) is 0 Å². The molecule has 0 radical (unpaired) electrons. The highest BCUT2D eigenvalue weighted by Gasteiger charge is 2.24. The fourth-order valence-electron chi connectivity index (χ4n) is 3.90. The molecule has 8 heteroatoms. The Labute approximate surface area is 195 Å². The first-order valence-electron chi connectivity index (χ1n) is 10.6. The Kier molecular flexibility index (Phi) is 6.23. The van der Waals surface area contributed by atoms with Crippen molar-refractivity contribution in [2.24, 2.45) is 0 Å². The van der Waals surface area contributed by atoms with E-state index in [1.807, 2.05) is 30.3 Å². The number of H-pyrrole nitrogens is 1. The first-order chi connectivity index (χ1) is 16.3. The molecule has 0 aliphatic carbocycles. The molecule has 4 aromatic rings. The lowest BCUT2D eigenvalue weighted by Gasteiger charge is -2.05. The number of hydrogen-bond donors (Lipinski definition) is 1. The van der Waals surface area contributed by atoms with Crippen LogP contribution in [0.25, 0.3) is 16.9 Å². The van der Waals surface area contributed by atoms with Gasteiger partial charge in [-0.3, -0.25) is 9.59 Å². The molecule has 172 valence electrons. The number of carbonyl (C=O) groups excluding carboxylic acids is 3. The smallest absolute Gasteiger partial charge is 0.342 e. The molecule has 4 rings (SSSR count). The Bertz CT molecular complexity index is 1390. The number of hydrogen-bond acceptors (Lipinski definition) is 5. The van der Waals surface area contributed by atoms with Gasteiger partial charge in [0.25, 0.3) is 0 Å². The van der Waals surface area contributed by atoms with Crippen molar-refractivity contribution in [1.29, 1.82) is 0 Å². The third-order valence-electron chi connectivity index (χ3n) is 5.48. The van der Waals surface area contributed by atoms with E-state index in [1.165, 1.54) is 42.1 Å². The summed E-state index contributed by atoms with van der Waals surface area (Å²) in [5.74, 6) is -1.77. The monoisotopic (exact) mass is 459 g/mol. The topological polar surface area (TPSA) is 94.0 Å². The molecule has 34 heavy (non-hydrogen) atoms. The van der Waals surface area contributed by atoms with E-state index >= 15 is 0 Å². The van der Waals surface area contributed by atoms with Gasteiger partial charge < -0.3 is 9.72 Å². The van der Waals surface area contributed by atoms with Gasteiger partial charge in [0, 0.05) is 23.0 Å². The number of halogens is 1. The van der Waals surface area contributed by atoms with Crippen LogP contribution in [0.2, 0.25) is 0 Å². The van der Waals surface area contributed by atoms with Gasteiger partial charge in [-0.25, -0.2) is 13.9 Å². The number of Topliss-reactive ketones (excluding diaryl/α,β-unsaturated/α-hetero) is 2. The molecular formula is C26H22FN3O4. The summed E-state index contributed by atoms with van der Waals surface area (Å²) in [5.41, 5.74) is 3.47. The number of ether oxygens (including phenoxy) is 1. The first kappa shape index (κ1) is 22.8. The summed E-state index contributed by atoms with van der Waals surface area (Å²) >= 11 is 0. The molecule has 0 saturated carbocycles. The summed E-state index contributed by atoms with van der Waals surface area (Å²) < 4.78 is 20.3. The lowest BCUT2D eigenvalue weighted by Crippen LogP contribution is -2.15. The predicted octanol–water partition coefficient (Wildman–Crippen LogP) is 4.87. The van der Waals surface area contributed by atoms with Crippen molar-refractivity contribution in [1.82, 2.24) is 14.8 Å². The van der Waals surface area contributed by atoms with Crippen molar-refractivity contribution < 1.29 is 23.5 Å². The van der Waals surface area contributed by atoms with Gasteiger partial charge in [-0.2, -0.15) is 5.10 Å². The van der Waals surface area contributed by atoms with Crippen molar-refractivity contribution in [3.8, 4) is 16.9 Å². The molecule has 2 aromatic heterocycles. The maximum atomic E-state index is 13.4. The van der Waals surface area contributed by atoms with Gasteiger partial charge in [0.1, 0.15) is 17.1 Å². The van der Waals surface area contributed by atoms with Crippen LogP contribution in [0.4, 0.5) is 4.39 Å². The van der Waals surface area contributed by atoms with Crippen molar-refractivity contribution >= 4 is 17.5 Å². The number of para-hydroxylation sites is 1. The molecule has 2 heterocycles. The van der Waals surface area contributed by atoms with Gasteiger partial charge in [-0.1, -0.05) is 18.2 Å². The van der Waals surface area contributed by atoms with Crippen LogP contribution in [0.15, 0.2) is 60.8 Å². The number of carbonyl (C=O) groups is 3. The van der Waals surface area contributed by atoms with E-state index < -0.39 is 24.2 Å². The molecule has 0 saturated heterocycles. The number of aryl methyl sites for hydroxylation is 1. The van der Waals surface area contributed by atoms with Crippen molar-refractivity contribution in [2.75, 3.05) is 6.61 Å². The van der Waals surface area contributed by atoms with E-state index in [2.05, 4.69) is 10.1 Å². The highest BCUT2D eigenvalue weighted by Crippen LogP contribution is 2.25. The highest BCUT2D eigenvalue weighted by molar-refractivity contribution is 6.05. The second-order valence-electron chi connectivity index (χ2n) is 7.86.